The number of halogens is 1. The number of nitrogens with zero attached hydrogens (tertiary/aromatic N) is 1. The average Bonchev–Trinajstić information content (AvgIpc) is 2.51. The predicted octanol–water partition coefficient (Wildman–Crippen LogP) is 4.37. The van der Waals surface area contributed by atoms with E-state index in [-0.39, 0.29) is 5.91 Å². The highest BCUT2D eigenvalue weighted by molar-refractivity contribution is 6.34. The molecule has 0 fully saturated rings. The van der Waals surface area contributed by atoms with Gasteiger partial charge in [0.05, 0.1) is 10.6 Å². The molecule has 2 aromatic carbocycles. The molecule has 0 spiro atoms. The Morgan fingerprint density at radius 3 is 2.57 bits per heavy atom. The molecular formula is C17H19ClN2O. The topological polar surface area (TPSA) is 46.3 Å². The molecule has 0 atom stereocenters. The molecule has 0 aliphatic rings. The van der Waals surface area contributed by atoms with Gasteiger partial charge in [0.1, 0.15) is 0 Å². The number of hydrogen-bond acceptors (Lipinski definition) is 2. The Morgan fingerprint density at radius 1 is 1.19 bits per heavy atom. The number of anilines is 2. The summed E-state index contributed by atoms with van der Waals surface area (Å²) in [6, 6.07) is 14.6. The smallest absolute Gasteiger partial charge is 0.259 e. The summed E-state index contributed by atoms with van der Waals surface area (Å²) in [5.41, 5.74) is 7.62. The average molecular weight is 303 g/mol. The Balaban J connectivity index is 2.36. The molecule has 0 heterocycles. The van der Waals surface area contributed by atoms with Crippen LogP contribution in [0.5, 0.6) is 0 Å². The summed E-state index contributed by atoms with van der Waals surface area (Å²) in [4.78, 5) is 14.6. The number of carbonyl (C=O) groups excluding carboxylic acids is 1. The zero-order valence-corrected chi connectivity index (χ0v) is 12.8. The van der Waals surface area contributed by atoms with Crippen molar-refractivity contribution in [2.75, 3.05) is 17.2 Å². The Kier molecular flexibility index (Phi) is 5.23. The van der Waals surface area contributed by atoms with Gasteiger partial charge in [0.15, 0.2) is 0 Å². The molecule has 3 nitrogen and oxygen atoms in total. The lowest BCUT2D eigenvalue weighted by Gasteiger charge is -2.23. The Bertz CT molecular complexity index is 613. The Hall–Kier alpha value is -2.00. The van der Waals surface area contributed by atoms with Crippen molar-refractivity contribution in [2.24, 2.45) is 0 Å². The van der Waals surface area contributed by atoms with E-state index in [1.807, 2.05) is 30.3 Å². The maximum Gasteiger partial charge on any atom is 0.259 e. The van der Waals surface area contributed by atoms with Crippen molar-refractivity contribution in [3.05, 3.63) is 59.1 Å². The lowest BCUT2D eigenvalue weighted by atomic mass is 10.1. The number of rotatable bonds is 5. The Morgan fingerprint density at radius 2 is 1.90 bits per heavy atom. The number of carbonyl (C=O) groups is 1. The van der Waals surface area contributed by atoms with E-state index in [1.165, 1.54) is 0 Å². The monoisotopic (exact) mass is 302 g/mol. The van der Waals surface area contributed by atoms with Crippen LogP contribution in [0.3, 0.4) is 0 Å². The Labute approximate surface area is 130 Å². The van der Waals surface area contributed by atoms with Crippen LogP contribution in [0.1, 0.15) is 30.1 Å². The van der Waals surface area contributed by atoms with Crippen molar-refractivity contribution in [3.63, 3.8) is 0 Å². The van der Waals surface area contributed by atoms with Crippen LogP contribution in [-0.2, 0) is 0 Å². The lowest BCUT2D eigenvalue weighted by molar-refractivity contribution is 0.0987. The molecule has 0 aliphatic carbocycles. The van der Waals surface area contributed by atoms with Gasteiger partial charge in [-0.15, -0.1) is 0 Å². The molecule has 21 heavy (non-hydrogen) atoms. The third-order valence-electron chi connectivity index (χ3n) is 3.27. The number of hydrogen-bond donors (Lipinski definition) is 1. The molecule has 0 aromatic heterocycles. The molecule has 2 N–H and O–H groups in total. The lowest BCUT2D eigenvalue weighted by Crippen LogP contribution is -2.32. The molecule has 0 saturated heterocycles. The molecule has 0 unspecified atom stereocenters. The van der Waals surface area contributed by atoms with Gasteiger partial charge in [0.25, 0.3) is 5.91 Å². The van der Waals surface area contributed by atoms with Crippen LogP contribution in [0.25, 0.3) is 0 Å². The van der Waals surface area contributed by atoms with Crippen LogP contribution in [0, 0.1) is 0 Å². The zero-order chi connectivity index (χ0) is 15.2. The van der Waals surface area contributed by atoms with Crippen LogP contribution in [0.4, 0.5) is 11.4 Å². The maximum absolute atomic E-state index is 12.8. The van der Waals surface area contributed by atoms with Gasteiger partial charge >= 0.3 is 0 Å². The zero-order valence-electron chi connectivity index (χ0n) is 12.1. The molecule has 2 aromatic rings. The van der Waals surface area contributed by atoms with E-state index >= 15 is 0 Å². The summed E-state index contributed by atoms with van der Waals surface area (Å²) in [6.45, 7) is 2.76. The summed E-state index contributed by atoms with van der Waals surface area (Å²) < 4.78 is 0. The molecule has 2 rings (SSSR count). The largest absolute Gasteiger partial charge is 0.399 e. The van der Waals surface area contributed by atoms with Crippen molar-refractivity contribution >= 4 is 28.9 Å². The number of unbranched alkanes of at least 4 members (excludes halogenated alkanes) is 1. The van der Waals surface area contributed by atoms with Crippen LogP contribution in [0.15, 0.2) is 48.5 Å². The van der Waals surface area contributed by atoms with E-state index in [4.69, 9.17) is 17.3 Å². The van der Waals surface area contributed by atoms with Crippen molar-refractivity contribution in [2.45, 2.75) is 19.8 Å². The molecule has 0 aliphatic heterocycles. The molecule has 0 bridgehead atoms. The fraction of sp³-hybridized carbons (Fsp3) is 0.235. The first-order valence-electron chi connectivity index (χ1n) is 7.05. The van der Waals surface area contributed by atoms with E-state index in [0.29, 0.717) is 22.8 Å². The molecular weight excluding hydrogens is 284 g/mol. The first kappa shape index (κ1) is 15.4. The summed E-state index contributed by atoms with van der Waals surface area (Å²) in [6.07, 6.45) is 1.95. The number of para-hydroxylation sites is 1. The van der Waals surface area contributed by atoms with Gasteiger partial charge in [-0.2, -0.15) is 0 Å². The highest BCUT2D eigenvalue weighted by Crippen LogP contribution is 2.24. The van der Waals surface area contributed by atoms with Crippen molar-refractivity contribution in [1.82, 2.24) is 0 Å². The minimum Gasteiger partial charge on any atom is -0.399 e. The fourth-order valence-electron chi connectivity index (χ4n) is 2.12. The van der Waals surface area contributed by atoms with Gasteiger partial charge in [-0.25, -0.2) is 0 Å². The van der Waals surface area contributed by atoms with E-state index in [0.717, 1.165) is 18.5 Å². The van der Waals surface area contributed by atoms with Crippen LogP contribution in [-0.4, -0.2) is 12.5 Å². The first-order chi connectivity index (χ1) is 10.1. The minimum atomic E-state index is -0.119. The molecule has 4 heteroatoms. The van der Waals surface area contributed by atoms with Gasteiger partial charge in [0.2, 0.25) is 0 Å². The van der Waals surface area contributed by atoms with Crippen molar-refractivity contribution in [1.29, 1.82) is 0 Å². The van der Waals surface area contributed by atoms with Gasteiger partial charge in [-0.05, 0) is 36.8 Å². The number of nitrogen functional groups attached to an aromatic ring is 1. The summed E-state index contributed by atoms with van der Waals surface area (Å²) in [7, 11) is 0. The quantitative estimate of drug-likeness (QED) is 0.834. The summed E-state index contributed by atoms with van der Waals surface area (Å²) in [5, 5.41) is 0.423. The second kappa shape index (κ2) is 7.14. The molecule has 0 radical (unpaired) electrons. The van der Waals surface area contributed by atoms with E-state index < -0.39 is 0 Å². The number of nitrogens with two attached hydrogens (primary N) is 1. The predicted molar refractivity (Wildman–Crippen MR) is 88.9 cm³/mol. The fourth-order valence-corrected chi connectivity index (χ4v) is 2.32. The highest BCUT2D eigenvalue weighted by atomic mass is 35.5. The maximum atomic E-state index is 12.8. The van der Waals surface area contributed by atoms with E-state index in [2.05, 4.69) is 6.92 Å². The minimum absolute atomic E-state index is 0.119. The second-order valence-corrected chi connectivity index (χ2v) is 5.29. The molecule has 110 valence electrons. The van der Waals surface area contributed by atoms with Crippen LogP contribution >= 0.6 is 11.6 Å². The van der Waals surface area contributed by atoms with Gasteiger partial charge in [-0.3, -0.25) is 4.79 Å². The number of amides is 1. The normalized spacial score (nSPS) is 10.4. The van der Waals surface area contributed by atoms with E-state index in [1.54, 1.807) is 23.1 Å². The number of benzene rings is 2. The third kappa shape index (κ3) is 3.76. The molecule has 1 amide bonds. The van der Waals surface area contributed by atoms with Crippen LogP contribution < -0.4 is 10.6 Å². The SMILES string of the molecule is CCCCN(C(=O)c1cc(N)ccc1Cl)c1ccccc1. The first-order valence-corrected chi connectivity index (χ1v) is 7.43. The third-order valence-corrected chi connectivity index (χ3v) is 3.60. The highest BCUT2D eigenvalue weighted by Gasteiger charge is 2.19. The van der Waals surface area contributed by atoms with Crippen LogP contribution in [0.2, 0.25) is 5.02 Å². The molecule has 0 saturated carbocycles. The van der Waals surface area contributed by atoms with Gasteiger partial charge in [0, 0.05) is 17.9 Å². The van der Waals surface area contributed by atoms with Crippen molar-refractivity contribution < 1.29 is 4.79 Å². The summed E-state index contributed by atoms with van der Waals surface area (Å²) >= 11 is 6.15. The standard InChI is InChI=1S/C17H19ClN2O/c1-2-3-11-20(14-7-5-4-6-8-14)17(21)15-12-13(19)9-10-16(15)18/h4-10,12H,2-3,11,19H2,1H3. The van der Waals surface area contributed by atoms with Gasteiger partial charge < -0.3 is 10.6 Å². The van der Waals surface area contributed by atoms with Crippen molar-refractivity contribution in [3.8, 4) is 0 Å². The van der Waals surface area contributed by atoms with Gasteiger partial charge in [-0.1, -0.05) is 43.1 Å². The summed E-state index contributed by atoms with van der Waals surface area (Å²) in [5.74, 6) is -0.119. The second-order valence-electron chi connectivity index (χ2n) is 4.89. The van der Waals surface area contributed by atoms with E-state index in [9.17, 15) is 4.79 Å².